The zero-order chi connectivity index (χ0) is 20.2. The van der Waals surface area contributed by atoms with Crippen LogP contribution < -0.4 is 0 Å². The number of esters is 1. The van der Waals surface area contributed by atoms with E-state index >= 15 is 0 Å². The minimum Gasteiger partial charge on any atom is -0.743 e. The lowest BCUT2D eigenvalue weighted by atomic mass is 9.87. The fraction of sp³-hybridized carbons (Fsp3) is 0.929. The molecule has 0 radical (unpaired) electrons. The summed E-state index contributed by atoms with van der Waals surface area (Å²) in [6.45, 7) is 0.957. The standard InChI is InChI=1S/C14H17F5O7S/c15-13(16,17)12(14(18,19)27(21,22)23)26-11(20)9-2-7-1-6(9)3-10(7)25-5-8-4-24-8/h6-10,12H,1-5H2,(H,21,22,23)/p-1. The van der Waals surface area contributed by atoms with Gasteiger partial charge in [0.25, 0.3) is 6.10 Å². The van der Waals surface area contributed by atoms with Crippen LogP contribution in [0.3, 0.4) is 0 Å². The molecule has 2 aliphatic carbocycles. The van der Waals surface area contributed by atoms with E-state index in [1.807, 2.05) is 0 Å². The van der Waals surface area contributed by atoms with Crippen molar-refractivity contribution in [3.63, 3.8) is 0 Å². The molecule has 156 valence electrons. The lowest BCUT2D eigenvalue weighted by Crippen LogP contribution is -2.53. The van der Waals surface area contributed by atoms with Crippen LogP contribution in [0.25, 0.3) is 0 Å². The highest BCUT2D eigenvalue weighted by molar-refractivity contribution is 7.86. The third kappa shape index (κ3) is 4.20. The van der Waals surface area contributed by atoms with Crippen molar-refractivity contribution in [2.75, 3.05) is 13.2 Å². The minimum absolute atomic E-state index is 0.0219. The van der Waals surface area contributed by atoms with Crippen molar-refractivity contribution in [3.8, 4) is 0 Å². The number of ether oxygens (including phenoxy) is 3. The van der Waals surface area contributed by atoms with Crippen LogP contribution in [0.5, 0.6) is 0 Å². The van der Waals surface area contributed by atoms with Crippen molar-refractivity contribution in [2.45, 2.75) is 49.0 Å². The molecule has 1 aliphatic heterocycles. The third-order valence-corrected chi connectivity index (χ3v) is 6.04. The summed E-state index contributed by atoms with van der Waals surface area (Å²) in [4.78, 5) is 12.0. The molecule has 27 heavy (non-hydrogen) atoms. The highest BCUT2D eigenvalue weighted by Crippen LogP contribution is 2.51. The summed E-state index contributed by atoms with van der Waals surface area (Å²) in [5.41, 5.74) is 0. The fourth-order valence-electron chi connectivity index (χ4n) is 3.77. The van der Waals surface area contributed by atoms with Gasteiger partial charge in [-0.05, 0) is 31.1 Å². The van der Waals surface area contributed by atoms with Crippen molar-refractivity contribution >= 4 is 16.1 Å². The van der Waals surface area contributed by atoms with Crippen LogP contribution in [0.4, 0.5) is 22.0 Å². The molecule has 2 bridgehead atoms. The van der Waals surface area contributed by atoms with Crippen LogP contribution in [0.1, 0.15) is 19.3 Å². The number of carbonyl (C=O) groups excluding carboxylic acids is 1. The minimum atomic E-state index is -6.69. The summed E-state index contributed by atoms with van der Waals surface area (Å²) in [5, 5.41) is -5.82. The van der Waals surface area contributed by atoms with Gasteiger partial charge in [0.2, 0.25) is 0 Å². The molecule has 6 atom stereocenters. The number of hydrogen-bond donors (Lipinski definition) is 0. The van der Waals surface area contributed by atoms with Crippen LogP contribution >= 0.6 is 0 Å². The summed E-state index contributed by atoms with van der Waals surface area (Å²) in [7, 11) is -6.69. The zero-order valence-corrected chi connectivity index (χ0v) is 14.5. The van der Waals surface area contributed by atoms with Crippen molar-refractivity contribution in [2.24, 2.45) is 17.8 Å². The van der Waals surface area contributed by atoms with Crippen LogP contribution in [-0.2, 0) is 29.1 Å². The Morgan fingerprint density at radius 1 is 1.15 bits per heavy atom. The Labute approximate surface area is 150 Å². The quantitative estimate of drug-likeness (QED) is 0.264. The Kier molecular flexibility index (Phi) is 5.19. The lowest BCUT2D eigenvalue weighted by molar-refractivity contribution is -0.261. The molecule has 3 aliphatic rings. The second-order valence-corrected chi connectivity index (χ2v) is 8.49. The molecule has 0 amide bonds. The van der Waals surface area contributed by atoms with Crippen LogP contribution in [-0.4, -0.2) is 61.9 Å². The first kappa shape index (κ1) is 20.7. The molecule has 13 heteroatoms. The Morgan fingerprint density at radius 3 is 2.22 bits per heavy atom. The van der Waals surface area contributed by atoms with Gasteiger partial charge in [0, 0.05) is 0 Å². The molecule has 0 spiro atoms. The zero-order valence-electron chi connectivity index (χ0n) is 13.7. The number of epoxide rings is 1. The summed E-state index contributed by atoms with van der Waals surface area (Å²) >= 11 is 0. The second-order valence-electron chi connectivity index (χ2n) is 7.04. The van der Waals surface area contributed by atoms with Crippen molar-refractivity contribution in [1.82, 2.24) is 0 Å². The van der Waals surface area contributed by atoms with Crippen LogP contribution in [0, 0.1) is 17.8 Å². The van der Waals surface area contributed by atoms with Gasteiger partial charge < -0.3 is 18.8 Å². The normalized spacial score (nSPS) is 34.5. The molecule has 7 nitrogen and oxygen atoms in total. The monoisotopic (exact) mass is 423 g/mol. The van der Waals surface area contributed by atoms with Gasteiger partial charge in [-0.1, -0.05) is 0 Å². The number of carbonyl (C=O) groups is 1. The van der Waals surface area contributed by atoms with Gasteiger partial charge in [0.15, 0.2) is 10.1 Å². The van der Waals surface area contributed by atoms with E-state index in [2.05, 4.69) is 4.74 Å². The maximum Gasteiger partial charge on any atom is 0.432 e. The molecule has 1 saturated heterocycles. The predicted molar refractivity (Wildman–Crippen MR) is 74.4 cm³/mol. The number of halogens is 5. The van der Waals surface area contributed by atoms with Gasteiger partial charge in [-0.2, -0.15) is 22.0 Å². The highest BCUT2D eigenvalue weighted by atomic mass is 32.2. The number of rotatable bonds is 7. The van der Waals surface area contributed by atoms with Crippen molar-refractivity contribution in [1.29, 1.82) is 0 Å². The SMILES string of the molecule is O=C(OC(C(F)(F)F)C(F)(F)S(=O)(=O)[O-])C1CC2CC1CC2OCC1CO1. The van der Waals surface area contributed by atoms with Gasteiger partial charge in [0.05, 0.1) is 25.2 Å². The largest absolute Gasteiger partial charge is 0.743 e. The molecule has 0 aromatic rings. The molecule has 2 saturated carbocycles. The first-order valence-electron chi connectivity index (χ1n) is 8.14. The number of hydrogen-bond acceptors (Lipinski definition) is 7. The highest BCUT2D eigenvalue weighted by Gasteiger charge is 2.63. The molecular weight excluding hydrogens is 407 g/mol. The molecule has 0 N–H and O–H groups in total. The van der Waals surface area contributed by atoms with Gasteiger partial charge in [0.1, 0.15) is 6.10 Å². The van der Waals surface area contributed by atoms with E-state index in [0.717, 1.165) is 0 Å². The third-order valence-electron chi connectivity index (χ3n) is 5.16. The molecule has 1 heterocycles. The molecule has 3 rings (SSSR count). The second kappa shape index (κ2) is 6.78. The van der Waals surface area contributed by atoms with Gasteiger partial charge in [-0.3, -0.25) is 4.79 Å². The van der Waals surface area contributed by atoms with Crippen LogP contribution in [0.2, 0.25) is 0 Å². The fourth-order valence-corrected chi connectivity index (χ4v) is 4.22. The van der Waals surface area contributed by atoms with E-state index in [-0.39, 0.29) is 24.5 Å². The summed E-state index contributed by atoms with van der Waals surface area (Å²) in [6.07, 6.45) is -9.56. The average Bonchev–Trinajstić information content (AvgIpc) is 3.14. The van der Waals surface area contributed by atoms with Crippen molar-refractivity contribution in [3.05, 3.63) is 0 Å². The topological polar surface area (TPSA) is 105 Å². The number of fused-ring (bicyclic) bond motifs is 2. The Balaban J connectivity index is 1.64. The van der Waals surface area contributed by atoms with Gasteiger partial charge >= 0.3 is 17.4 Å². The summed E-state index contributed by atoms with van der Waals surface area (Å²) in [5.74, 6) is -3.22. The first-order chi connectivity index (χ1) is 12.3. The number of alkyl halides is 5. The Hall–Kier alpha value is -1.05. The van der Waals surface area contributed by atoms with E-state index in [4.69, 9.17) is 9.47 Å². The van der Waals surface area contributed by atoms with E-state index in [1.165, 1.54) is 0 Å². The smallest absolute Gasteiger partial charge is 0.432 e. The van der Waals surface area contributed by atoms with E-state index in [0.29, 0.717) is 26.1 Å². The van der Waals surface area contributed by atoms with Crippen molar-refractivity contribution < 1.29 is 53.9 Å². The maximum atomic E-state index is 13.4. The van der Waals surface area contributed by atoms with Crippen LogP contribution in [0.15, 0.2) is 0 Å². The van der Waals surface area contributed by atoms with E-state index in [9.17, 15) is 39.7 Å². The summed E-state index contributed by atoms with van der Waals surface area (Å²) < 4.78 is 111. The predicted octanol–water partition coefficient (Wildman–Crippen LogP) is 1.43. The first-order valence-corrected chi connectivity index (χ1v) is 9.55. The summed E-state index contributed by atoms with van der Waals surface area (Å²) in [6, 6.07) is 0. The van der Waals surface area contributed by atoms with Gasteiger partial charge in [-0.15, -0.1) is 0 Å². The Morgan fingerprint density at radius 2 is 1.78 bits per heavy atom. The average molecular weight is 423 g/mol. The molecular formula is C14H16F5O7S-. The molecule has 3 fully saturated rings. The lowest BCUT2D eigenvalue weighted by Gasteiger charge is -2.32. The van der Waals surface area contributed by atoms with Gasteiger partial charge in [-0.25, -0.2) is 8.42 Å². The van der Waals surface area contributed by atoms with E-state index in [1.54, 1.807) is 0 Å². The molecule has 0 aromatic carbocycles. The van der Waals surface area contributed by atoms with E-state index < -0.39 is 45.5 Å². The maximum absolute atomic E-state index is 13.4. The molecule has 6 unspecified atom stereocenters. The molecule has 0 aromatic heterocycles. The Bertz CT molecular complexity index is 690.